The Hall–Kier alpha value is -1.78. The fraction of sp³-hybridized carbons (Fsp3) is 0.448. The van der Waals surface area contributed by atoms with Gasteiger partial charge in [-0.15, -0.1) is 11.8 Å². The van der Waals surface area contributed by atoms with Crippen LogP contribution in [-0.4, -0.2) is 18.5 Å². The third-order valence-electron chi connectivity index (χ3n) is 7.70. The van der Waals surface area contributed by atoms with Gasteiger partial charge in [-0.05, 0) is 87.8 Å². The van der Waals surface area contributed by atoms with Crippen molar-refractivity contribution in [3.63, 3.8) is 0 Å². The molecular formula is C29H34O2S2. The number of aromatic hydroxyl groups is 1. The molecule has 0 atom stereocenters. The predicted molar refractivity (Wildman–Crippen MR) is 144 cm³/mol. The quantitative estimate of drug-likeness (QED) is 0.294. The van der Waals surface area contributed by atoms with Crippen LogP contribution in [0.2, 0.25) is 0 Å². The molecule has 0 unspecified atom stereocenters. The van der Waals surface area contributed by atoms with E-state index in [1.165, 1.54) is 34.2 Å². The van der Waals surface area contributed by atoms with Crippen molar-refractivity contribution in [1.82, 2.24) is 0 Å². The summed E-state index contributed by atoms with van der Waals surface area (Å²) in [5.41, 5.74) is 6.85. The van der Waals surface area contributed by atoms with Crippen molar-refractivity contribution in [3.05, 3.63) is 53.1 Å². The number of phenols is 1. The second-order valence-electron chi connectivity index (χ2n) is 11.5. The van der Waals surface area contributed by atoms with Crippen molar-refractivity contribution in [2.75, 3.05) is 13.4 Å². The van der Waals surface area contributed by atoms with E-state index in [1.54, 1.807) is 18.9 Å². The van der Waals surface area contributed by atoms with E-state index in [-0.39, 0.29) is 16.2 Å². The van der Waals surface area contributed by atoms with Crippen LogP contribution in [0.25, 0.3) is 21.9 Å². The van der Waals surface area contributed by atoms with Gasteiger partial charge in [0.25, 0.3) is 0 Å². The normalized spacial score (nSPS) is 19.5. The van der Waals surface area contributed by atoms with E-state index < -0.39 is 0 Å². The highest BCUT2D eigenvalue weighted by molar-refractivity contribution is 7.98. The third kappa shape index (κ3) is 3.47. The summed E-state index contributed by atoms with van der Waals surface area (Å²) in [5.74, 6) is 1.88. The van der Waals surface area contributed by atoms with Crippen LogP contribution in [0.1, 0.15) is 63.6 Å². The molecule has 3 aromatic carbocycles. The van der Waals surface area contributed by atoms with Crippen molar-refractivity contribution in [2.24, 2.45) is 10.8 Å². The number of phenolic OH excluding ortho intramolecular Hbond substituents is 1. The maximum absolute atomic E-state index is 11.3. The molecule has 4 heteroatoms. The van der Waals surface area contributed by atoms with E-state index in [2.05, 4.69) is 76.9 Å². The van der Waals surface area contributed by atoms with E-state index in [9.17, 15) is 5.11 Å². The minimum absolute atomic E-state index is 0.111. The number of benzene rings is 3. The van der Waals surface area contributed by atoms with Crippen LogP contribution in [0.3, 0.4) is 0 Å². The highest BCUT2D eigenvalue weighted by atomic mass is 32.2. The van der Waals surface area contributed by atoms with Crippen LogP contribution < -0.4 is 4.74 Å². The Bertz CT molecular complexity index is 1260. The Morgan fingerprint density at radius 2 is 1.64 bits per heavy atom. The summed E-state index contributed by atoms with van der Waals surface area (Å²) in [7, 11) is 1.70. The van der Waals surface area contributed by atoms with Crippen LogP contribution in [0.15, 0.2) is 41.3 Å². The van der Waals surface area contributed by atoms with Crippen LogP contribution >= 0.6 is 24.4 Å². The Morgan fingerprint density at radius 1 is 0.939 bits per heavy atom. The summed E-state index contributed by atoms with van der Waals surface area (Å²) in [6.07, 6.45) is 5.44. The number of rotatable bonds is 3. The first kappa shape index (κ1) is 23.0. The van der Waals surface area contributed by atoms with Crippen molar-refractivity contribution in [2.45, 2.75) is 63.0 Å². The second-order valence-corrected chi connectivity index (χ2v) is 12.7. The number of fused-ring (bicyclic) bond motifs is 7. The molecule has 0 radical (unpaired) electrons. The molecule has 1 spiro atoms. The van der Waals surface area contributed by atoms with Gasteiger partial charge in [0, 0.05) is 21.4 Å². The van der Waals surface area contributed by atoms with Crippen molar-refractivity contribution in [1.29, 1.82) is 0 Å². The summed E-state index contributed by atoms with van der Waals surface area (Å²) in [4.78, 5) is 1.09. The number of hydrogen-bond donors (Lipinski definition) is 2. The molecule has 2 nitrogen and oxygen atoms in total. The molecule has 2 aliphatic rings. The molecular weight excluding hydrogens is 444 g/mol. The molecule has 0 aliphatic heterocycles. The lowest BCUT2D eigenvalue weighted by Crippen LogP contribution is -2.43. The summed E-state index contributed by atoms with van der Waals surface area (Å²) < 4.78 is 5.64. The summed E-state index contributed by atoms with van der Waals surface area (Å²) in [6.45, 7) is 9.64. The van der Waals surface area contributed by atoms with Crippen LogP contribution in [0, 0.1) is 10.8 Å². The Morgan fingerprint density at radius 3 is 2.24 bits per heavy atom. The summed E-state index contributed by atoms with van der Waals surface area (Å²) in [5, 5.41) is 13.3. The molecule has 0 saturated heterocycles. The summed E-state index contributed by atoms with van der Waals surface area (Å²) in [6, 6.07) is 13.2. The number of thiol groups is 1. The van der Waals surface area contributed by atoms with Gasteiger partial charge in [-0.25, -0.2) is 0 Å². The van der Waals surface area contributed by atoms with Crippen LogP contribution in [-0.2, 0) is 11.2 Å². The molecule has 1 N–H and O–H groups in total. The van der Waals surface area contributed by atoms with Crippen molar-refractivity contribution in [3.8, 4) is 22.6 Å². The number of ether oxygens (including phenoxy) is 1. The van der Waals surface area contributed by atoms with Gasteiger partial charge in [0.1, 0.15) is 11.5 Å². The lowest BCUT2D eigenvalue weighted by atomic mass is 9.52. The molecule has 2 aliphatic carbocycles. The van der Waals surface area contributed by atoms with E-state index in [1.807, 2.05) is 6.07 Å². The molecule has 0 bridgehead atoms. The lowest BCUT2D eigenvalue weighted by Gasteiger charge is -2.51. The van der Waals surface area contributed by atoms with E-state index in [4.69, 9.17) is 4.74 Å². The summed E-state index contributed by atoms with van der Waals surface area (Å²) >= 11 is 6.28. The number of thioether (sulfide) groups is 1. The maximum Gasteiger partial charge on any atom is 0.133 e. The Balaban J connectivity index is 1.91. The molecule has 0 heterocycles. The zero-order chi connectivity index (χ0) is 23.8. The maximum atomic E-state index is 11.3. The largest absolute Gasteiger partial charge is 0.507 e. The van der Waals surface area contributed by atoms with Crippen LogP contribution in [0.5, 0.6) is 11.5 Å². The second kappa shape index (κ2) is 7.61. The Labute approximate surface area is 207 Å². The standard InChI is InChI=1S/C29H34O2S2/c1-27(2)14-28(3,4)16-29(15-27)21-9-17(13-32)7-8-18(21)26-20-11-25(33-6)24(31-5)10-19(20)23(30)12-22(26)29/h7-12,30,32H,13-16H2,1-6H3. The van der Waals surface area contributed by atoms with Gasteiger partial charge < -0.3 is 9.84 Å². The first-order chi connectivity index (χ1) is 15.5. The van der Waals surface area contributed by atoms with Gasteiger partial charge in [0.15, 0.2) is 0 Å². The zero-order valence-electron chi connectivity index (χ0n) is 20.5. The zero-order valence-corrected chi connectivity index (χ0v) is 22.2. The Kier molecular flexibility index (Phi) is 5.30. The van der Waals surface area contributed by atoms with Crippen molar-refractivity contribution < 1.29 is 9.84 Å². The minimum Gasteiger partial charge on any atom is -0.507 e. The number of methoxy groups -OCH3 is 1. The average molecular weight is 479 g/mol. The van der Waals surface area contributed by atoms with Gasteiger partial charge in [0.05, 0.1) is 7.11 Å². The molecule has 33 heavy (non-hydrogen) atoms. The SMILES string of the molecule is COc1cc2c(O)cc3c(c2cc1SC)-c1ccc(CS)cc1C31CC(C)(C)CC(C)(C)C1. The predicted octanol–water partition coefficient (Wildman–Crippen LogP) is 8.21. The lowest BCUT2D eigenvalue weighted by molar-refractivity contribution is 0.0645. The molecule has 1 saturated carbocycles. The molecule has 3 aromatic rings. The van der Waals surface area contributed by atoms with E-state index >= 15 is 0 Å². The first-order valence-electron chi connectivity index (χ1n) is 11.7. The van der Waals surface area contributed by atoms with Gasteiger partial charge in [-0.3, -0.25) is 0 Å². The van der Waals surface area contributed by atoms with Crippen LogP contribution in [0.4, 0.5) is 0 Å². The molecule has 0 amide bonds. The smallest absolute Gasteiger partial charge is 0.133 e. The molecule has 1 fully saturated rings. The molecule has 174 valence electrons. The fourth-order valence-corrected chi connectivity index (χ4v) is 8.12. The first-order valence-corrected chi connectivity index (χ1v) is 13.6. The van der Waals surface area contributed by atoms with Gasteiger partial charge in [-0.1, -0.05) is 45.9 Å². The topological polar surface area (TPSA) is 29.5 Å². The highest BCUT2D eigenvalue weighted by Gasteiger charge is 2.53. The fourth-order valence-electron chi connectivity index (χ4n) is 7.34. The minimum atomic E-state index is -0.111. The highest BCUT2D eigenvalue weighted by Crippen LogP contribution is 2.65. The van der Waals surface area contributed by atoms with Gasteiger partial charge in [0.2, 0.25) is 0 Å². The number of hydrogen-bond acceptors (Lipinski definition) is 4. The van der Waals surface area contributed by atoms with Gasteiger partial charge in [-0.2, -0.15) is 12.6 Å². The van der Waals surface area contributed by atoms with Crippen molar-refractivity contribution >= 4 is 35.2 Å². The average Bonchev–Trinajstić information content (AvgIpc) is 2.98. The molecule has 5 rings (SSSR count). The molecule has 0 aromatic heterocycles. The monoisotopic (exact) mass is 478 g/mol. The third-order valence-corrected chi connectivity index (χ3v) is 8.83. The van der Waals surface area contributed by atoms with Gasteiger partial charge >= 0.3 is 0 Å². The van der Waals surface area contributed by atoms with E-state index in [0.717, 1.165) is 40.0 Å². The van der Waals surface area contributed by atoms with E-state index in [0.29, 0.717) is 5.75 Å².